The molecule has 14 heteroatoms. The van der Waals surface area contributed by atoms with Crippen LogP contribution in [-0.2, 0) is 10.0 Å². The number of halogens is 6. The van der Waals surface area contributed by atoms with Crippen LogP contribution in [0, 0.1) is 5.82 Å². The molecule has 1 aliphatic rings. The zero-order valence-corrected chi connectivity index (χ0v) is 18.5. The summed E-state index contributed by atoms with van der Waals surface area (Å²) in [4.78, 5) is -0.481. The van der Waals surface area contributed by atoms with Crippen LogP contribution in [-0.4, -0.2) is 41.5 Å². The minimum Gasteiger partial charge on any atom is -0.406 e. The second-order valence-electron chi connectivity index (χ2n) is 8.09. The van der Waals surface area contributed by atoms with Gasteiger partial charge in [-0.2, -0.15) is 0 Å². The monoisotopic (exact) mass is 520 g/mol. The third kappa shape index (κ3) is 6.11. The predicted octanol–water partition coefficient (Wildman–Crippen LogP) is 4.69. The lowest BCUT2D eigenvalue weighted by atomic mass is 9.88. The molecule has 0 bridgehead atoms. The smallest absolute Gasteiger partial charge is 0.406 e. The van der Waals surface area contributed by atoms with Crippen molar-refractivity contribution in [3.8, 4) is 16.9 Å². The third-order valence-corrected chi connectivity index (χ3v) is 6.98. The summed E-state index contributed by atoms with van der Waals surface area (Å²) in [5.41, 5.74) is 0.108. The Labute approximate surface area is 195 Å². The molecule has 1 heterocycles. The van der Waals surface area contributed by atoms with Gasteiger partial charge in [0.05, 0.1) is 4.90 Å². The van der Waals surface area contributed by atoms with Crippen LogP contribution in [0.5, 0.6) is 5.75 Å². The van der Waals surface area contributed by atoms with Gasteiger partial charge >= 0.3 is 6.36 Å². The van der Waals surface area contributed by atoms with E-state index in [-0.39, 0.29) is 17.5 Å². The summed E-state index contributed by atoms with van der Waals surface area (Å²) in [5.74, 6) is -4.61. The van der Waals surface area contributed by atoms with Crippen LogP contribution in [0.4, 0.5) is 26.3 Å². The van der Waals surface area contributed by atoms with E-state index in [9.17, 15) is 34.8 Å². The van der Waals surface area contributed by atoms with Crippen molar-refractivity contribution in [3.63, 3.8) is 0 Å². The van der Waals surface area contributed by atoms with Gasteiger partial charge in [0.2, 0.25) is 10.0 Å². The fraction of sp³-hybridized carbons (Fsp3) is 0.333. The van der Waals surface area contributed by atoms with Crippen molar-refractivity contribution in [2.45, 2.75) is 48.5 Å². The number of benzene rings is 2. The second kappa shape index (κ2) is 9.15. The number of sulfonamides is 1. The molecule has 2 atom stereocenters. The molecule has 4 rings (SSSR count). The van der Waals surface area contributed by atoms with E-state index in [1.54, 1.807) is 0 Å². The summed E-state index contributed by atoms with van der Waals surface area (Å²) in [6.07, 6.45) is -3.51. The van der Waals surface area contributed by atoms with Gasteiger partial charge in [-0.25, -0.2) is 26.3 Å². The molecule has 0 aliphatic heterocycles. The molecule has 7 nitrogen and oxygen atoms in total. The fourth-order valence-corrected chi connectivity index (χ4v) is 5.28. The molecule has 0 saturated heterocycles. The van der Waals surface area contributed by atoms with Crippen LogP contribution in [0.2, 0.25) is 0 Å². The van der Waals surface area contributed by atoms with E-state index in [1.165, 1.54) is 29.4 Å². The summed E-state index contributed by atoms with van der Waals surface area (Å²) in [6, 6.07) is 5.43. The highest BCUT2D eigenvalue weighted by molar-refractivity contribution is 7.89. The van der Waals surface area contributed by atoms with Gasteiger partial charge in [-0.15, -0.1) is 23.4 Å². The number of nitrogens with zero attached hydrogens (tertiary/aromatic N) is 3. The average Bonchev–Trinajstić information content (AvgIpc) is 3.27. The normalized spacial score (nSPS) is 20.5. The Morgan fingerprint density at radius 1 is 1.03 bits per heavy atom. The lowest BCUT2D eigenvalue weighted by Crippen LogP contribution is -2.45. The van der Waals surface area contributed by atoms with Crippen molar-refractivity contribution in [3.05, 3.63) is 60.9 Å². The van der Waals surface area contributed by atoms with Gasteiger partial charge in [0.1, 0.15) is 24.2 Å². The van der Waals surface area contributed by atoms with E-state index in [0.717, 1.165) is 30.3 Å². The van der Waals surface area contributed by atoms with Gasteiger partial charge in [-0.3, -0.25) is 0 Å². The van der Waals surface area contributed by atoms with E-state index >= 15 is 0 Å². The average molecular weight is 520 g/mol. The highest BCUT2D eigenvalue weighted by Gasteiger charge is 2.43. The van der Waals surface area contributed by atoms with Gasteiger partial charge in [-0.05, 0) is 36.2 Å². The molecule has 188 valence electrons. The maximum Gasteiger partial charge on any atom is 0.573 e. The highest BCUT2D eigenvalue weighted by Crippen LogP contribution is 2.39. The van der Waals surface area contributed by atoms with E-state index in [0.29, 0.717) is 0 Å². The van der Waals surface area contributed by atoms with Crippen molar-refractivity contribution >= 4 is 10.0 Å². The van der Waals surface area contributed by atoms with E-state index < -0.39 is 63.7 Å². The number of alkyl halides is 5. The first kappa shape index (κ1) is 25.0. The van der Waals surface area contributed by atoms with Crippen LogP contribution in [0.15, 0.2) is 60.0 Å². The Kier molecular flexibility index (Phi) is 6.53. The molecule has 2 aromatic carbocycles. The number of rotatable bonds is 6. The Morgan fingerprint density at radius 3 is 2.29 bits per heavy atom. The summed E-state index contributed by atoms with van der Waals surface area (Å²) < 4.78 is 113. The van der Waals surface area contributed by atoms with Crippen molar-refractivity contribution in [2.75, 3.05) is 0 Å². The first-order valence-corrected chi connectivity index (χ1v) is 11.7. The molecule has 1 fully saturated rings. The lowest BCUT2D eigenvalue weighted by molar-refractivity contribution is -0.274. The summed E-state index contributed by atoms with van der Waals surface area (Å²) in [6.45, 7) is 0. The number of ether oxygens (including phenoxy) is 1. The number of hydrogen-bond donors (Lipinski definition) is 1. The number of nitrogens with one attached hydrogen (secondary N) is 1. The first-order chi connectivity index (χ1) is 16.3. The van der Waals surface area contributed by atoms with Crippen molar-refractivity contribution in [1.82, 2.24) is 19.5 Å². The molecule has 1 N–H and O–H groups in total. The molecule has 1 saturated carbocycles. The van der Waals surface area contributed by atoms with Crippen molar-refractivity contribution in [1.29, 1.82) is 0 Å². The molecule has 35 heavy (non-hydrogen) atoms. The standard InChI is InChI=1S/C21H18F6N4O3S/c22-19-8-17(5-6-18(19)13-1-3-16(4-2-13)34-21(25,26)27)35(32,33)30-14-7-15(10-20(23,24)9-14)31-11-28-29-12-31/h1-6,8,11-12,14-15,30H,7,9-10H2/t14-,15+/m1/s1. The molecular weight excluding hydrogens is 502 g/mol. The van der Waals surface area contributed by atoms with E-state index in [1.807, 2.05) is 0 Å². The van der Waals surface area contributed by atoms with Gasteiger partial charge in [0.25, 0.3) is 5.92 Å². The SMILES string of the molecule is O=S(=O)(N[C@@H]1C[C@H](n2cnnc2)CC(F)(F)C1)c1ccc(-c2ccc(OC(F)(F)F)cc2)c(F)c1. The fourth-order valence-electron chi connectivity index (χ4n) is 4.02. The zero-order valence-electron chi connectivity index (χ0n) is 17.7. The Balaban J connectivity index is 1.51. The first-order valence-electron chi connectivity index (χ1n) is 10.2. The molecule has 0 amide bonds. The van der Waals surface area contributed by atoms with Gasteiger partial charge in [-0.1, -0.05) is 18.2 Å². The second-order valence-corrected chi connectivity index (χ2v) is 9.81. The quantitative estimate of drug-likeness (QED) is 0.477. The minimum absolute atomic E-state index is 0.0553. The molecule has 1 aliphatic carbocycles. The van der Waals surface area contributed by atoms with E-state index in [2.05, 4.69) is 19.7 Å². The third-order valence-electron chi connectivity index (χ3n) is 5.47. The predicted molar refractivity (Wildman–Crippen MR) is 110 cm³/mol. The Morgan fingerprint density at radius 2 is 1.69 bits per heavy atom. The van der Waals surface area contributed by atoms with Crippen molar-refractivity contribution < 1.29 is 39.5 Å². The summed E-state index contributed by atoms with van der Waals surface area (Å²) in [5, 5.41) is 7.17. The Bertz CT molecular complexity index is 1280. The summed E-state index contributed by atoms with van der Waals surface area (Å²) >= 11 is 0. The molecule has 3 aromatic rings. The molecular formula is C21H18F6N4O3S. The van der Waals surface area contributed by atoms with Gasteiger partial charge < -0.3 is 9.30 Å². The lowest BCUT2D eigenvalue weighted by Gasteiger charge is -2.35. The van der Waals surface area contributed by atoms with E-state index in [4.69, 9.17) is 0 Å². The van der Waals surface area contributed by atoms with Gasteiger partial charge in [0.15, 0.2) is 0 Å². The largest absolute Gasteiger partial charge is 0.573 e. The zero-order chi connectivity index (χ0) is 25.4. The van der Waals surface area contributed by atoms with Crippen LogP contribution >= 0.6 is 0 Å². The maximum absolute atomic E-state index is 14.7. The molecule has 0 unspecified atom stereocenters. The number of aromatic nitrogens is 3. The number of hydrogen-bond acceptors (Lipinski definition) is 5. The molecule has 0 radical (unpaired) electrons. The summed E-state index contributed by atoms with van der Waals surface area (Å²) in [7, 11) is -4.36. The topological polar surface area (TPSA) is 86.1 Å². The van der Waals surface area contributed by atoms with Crippen LogP contribution in [0.25, 0.3) is 11.1 Å². The van der Waals surface area contributed by atoms with Crippen LogP contribution < -0.4 is 9.46 Å². The minimum atomic E-state index is -4.88. The van der Waals surface area contributed by atoms with Gasteiger partial charge in [0, 0.05) is 30.5 Å². The molecule has 1 aromatic heterocycles. The van der Waals surface area contributed by atoms with Crippen LogP contribution in [0.3, 0.4) is 0 Å². The van der Waals surface area contributed by atoms with Crippen LogP contribution in [0.1, 0.15) is 25.3 Å². The highest BCUT2D eigenvalue weighted by atomic mass is 32.2. The van der Waals surface area contributed by atoms with Crippen molar-refractivity contribution in [2.24, 2.45) is 0 Å². The maximum atomic E-state index is 14.7. The molecule has 0 spiro atoms. The Hall–Kier alpha value is -3.13.